The van der Waals surface area contributed by atoms with Gasteiger partial charge in [0.25, 0.3) is 0 Å². The first-order valence-electron chi connectivity index (χ1n) is 9.15. The van der Waals surface area contributed by atoms with Gasteiger partial charge >= 0.3 is 0 Å². The minimum atomic E-state index is -0.401. The smallest absolute Gasteiger partial charge is 0.243 e. The third kappa shape index (κ3) is 7.69. The largest absolute Gasteiger partial charge is 0.493 e. The highest BCUT2D eigenvalue weighted by molar-refractivity contribution is 14.0. The molecule has 0 aliphatic heterocycles. The van der Waals surface area contributed by atoms with E-state index in [9.17, 15) is 9.18 Å². The van der Waals surface area contributed by atoms with Crippen LogP contribution in [0, 0.1) is 5.82 Å². The molecule has 0 atom stereocenters. The molecule has 2 aromatic carbocycles. The minimum Gasteiger partial charge on any atom is -0.493 e. The molecule has 0 spiro atoms. The number of benzene rings is 2. The van der Waals surface area contributed by atoms with E-state index in [0.29, 0.717) is 29.7 Å². The predicted molar refractivity (Wildman–Crippen MR) is 128 cm³/mol. The van der Waals surface area contributed by atoms with Crippen LogP contribution in [0.25, 0.3) is 0 Å². The van der Waals surface area contributed by atoms with Gasteiger partial charge in [0, 0.05) is 26.3 Å². The Morgan fingerprint density at radius 2 is 1.87 bits per heavy atom. The van der Waals surface area contributed by atoms with Crippen LogP contribution in [0.5, 0.6) is 11.5 Å². The van der Waals surface area contributed by atoms with E-state index < -0.39 is 5.82 Å². The standard InChI is InChI=1S/C21H27FN4O3.HI/c1-23-21(24-14-20(27)25-17-7-5-6-16(22)13-17)26(2)11-10-15-8-9-18(28-3)19(12-15)29-4;/h5-9,12-13H,10-11,14H2,1-4H3,(H,23,24)(H,25,27);1H. The van der Waals surface area contributed by atoms with E-state index in [1.54, 1.807) is 33.4 Å². The number of hydrogen-bond donors (Lipinski definition) is 2. The molecular formula is C21H28FIN4O3. The molecule has 30 heavy (non-hydrogen) atoms. The molecular weight excluding hydrogens is 502 g/mol. The molecule has 0 bridgehead atoms. The van der Waals surface area contributed by atoms with Crippen LogP contribution in [-0.2, 0) is 11.2 Å². The lowest BCUT2D eigenvalue weighted by Gasteiger charge is -2.22. The lowest BCUT2D eigenvalue weighted by molar-refractivity contribution is -0.115. The Bertz CT molecular complexity index is 864. The van der Waals surface area contributed by atoms with Gasteiger partial charge in [-0.3, -0.25) is 9.79 Å². The van der Waals surface area contributed by atoms with Crippen molar-refractivity contribution in [2.24, 2.45) is 4.99 Å². The third-order valence-electron chi connectivity index (χ3n) is 4.27. The Hall–Kier alpha value is -2.56. The molecule has 164 valence electrons. The van der Waals surface area contributed by atoms with Crippen molar-refractivity contribution in [2.75, 3.05) is 46.7 Å². The fourth-order valence-corrected chi connectivity index (χ4v) is 2.75. The van der Waals surface area contributed by atoms with Crippen LogP contribution in [0.1, 0.15) is 5.56 Å². The van der Waals surface area contributed by atoms with Crippen LogP contribution in [0.3, 0.4) is 0 Å². The maximum Gasteiger partial charge on any atom is 0.243 e. The number of likely N-dealkylation sites (N-methyl/N-ethyl adjacent to an activating group) is 1. The summed E-state index contributed by atoms with van der Waals surface area (Å²) in [6.45, 7) is 0.699. The Balaban J connectivity index is 0.00000450. The summed E-state index contributed by atoms with van der Waals surface area (Å²) in [7, 11) is 6.75. The van der Waals surface area contributed by atoms with Crippen molar-refractivity contribution >= 4 is 41.5 Å². The van der Waals surface area contributed by atoms with Crippen LogP contribution < -0.4 is 20.1 Å². The maximum absolute atomic E-state index is 13.2. The number of ether oxygens (including phenoxy) is 2. The fraction of sp³-hybridized carbons (Fsp3) is 0.333. The summed E-state index contributed by atoms with van der Waals surface area (Å²) in [4.78, 5) is 18.2. The molecule has 0 unspecified atom stereocenters. The Labute approximate surface area is 193 Å². The molecule has 2 aromatic rings. The zero-order valence-electron chi connectivity index (χ0n) is 17.6. The molecule has 0 heterocycles. The van der Waals surface area contributed by atoms with Gasteiger partial charge in [0.1, 0.15) is 5.82 Å². The van der Waals surface area contributed by atoms with Gasteiger partial charge in [-0.2, -0.15) is 0 Å². The molecule has 2 rings (SSSR count). The normalized spacial score (nSPS) is 10.6. The molecule has 0 aliphatic carbocycles. The molecule has 2 N–H and O–H groups in total. The number of aliphatic imine (C=N–C) groups is 1. The Morgan fingerprint density at radius 1 is 1.13 bits per heavy atom. The summed E-state index contributed by atoms with van der Waals surface area (Å²) in [5.74, 6) is 1.27. The highest BCUT2D eigenvalue weighted by Gasteiger charge is 2.10. The Kier molecular flexibility index (Phi) is 10.9. The summed E-state index contributed by atoms with van der Waals surface area (Å²) in [6, 6.07) is 11.6. The zero-order valence-corrected chi connectivity index (χ0v) is 19.9. The molecule has 0 aromatic heterocycles. The van der Waals surface area contributed by atoms with Crippen LogP contribution >= 0.6 is 24.0 Å². The number of nitrogens with one attached hydrogen (secondary N) is 2. The van der Waals surface area contributed by atoms with Gasteiger partial charge in [-0.25, -0.2) is 4.39 Å². The second kappa shape index (κ2) is 12.9. The number of hydrogen-bond acceptors (Lipinski definition) is 4. The molecule has 0 fully saturated rings. The number of amides is 1. The van der Waals surface area contributed by atoms with E-state index in [2.05, 4.69) is 15.6 Å². The second-order valence-electron chi connectivity index (χ2n) is 6.32. The zero-order chi connectivity index (χ0) is 21.2. The van der Waals surface area contributed by atoms with Crippen molar-refractivity contribution < 1.29 is 18.7 Å². The van der Waals surface area contributed by atoms with Crippen LogP contribution in [0.15, 0.2) is 47.5 Å². The number of guanidine groups is 1. The maximum atomic E-state index is 13.2. The summed E-state index contributed by atoms with van der Waals surface area (Å²) in [5, 5.41) is 5.65. The van der Waals surface area contributed by atoms with Crippen molar-refractivity contribution in [1.82, 2.24) is 10.2 Å². The number of anilines is 1. The molecule has 0 saturated heterocycles. The number of rotatable bonds is 8. The highest BCUT2D eigenvalue weighted by atomic mass is 127. The van der Waals surface area contributed by atoms with Gasteiger partial charge in [-0.1, -0.05) is 12.1 Å². The minimum absolute atomic E-state index is 0. The SMILES string of the molecule is CN=C(NCC(=O)Nc1cccc(F)c1)N(C)CCc1ccc(OC)c(OC)c1.I. The van der Waals surface area contributed by atoms with Crippen molar-refractivity contribution in [3.63, 3.8) is 0 Å². The first-order valence-corrected chi connectivity index (χ1v) is 9.15. The fourth-order valence-electron chi connectivity index (χ4n) is 2.75. The number of methoxy groups -OCH3 is 2. The van der Waals surface area contributed by atoms with Crippen molar-refractivity contribution in [2.45, 2.75) is 6.42 Å². The molecule has 0 saturated carbocycles. The molecule has 0 radical (unpaired) electrons. The number of carbonyl (C=O) groups is 1. The molecule has 7 nitrogen and oxygen atoms in total. The third-order valence-corrected chi connectivity index (χ3v) is 4.27. The van der Waals surface area contributed by atoms with E-state index in [0.717, 1.165) is 12.0 Å². The van der Waals surface area contributed by atoms with Gasteiger partial charge in [-0.05, 0) is 42.3 Å². The molecule has 0 aliphatic rings. The van der Waals surface area contributed by atoms with E-state index in [4.69, 9.17) is 9.47 Å². The quantitative estimate of drug-likeness (QED) is 0.312. The first-order chi connectivity index (χ1) is 14.0. The van der Waals surface area contributed by atoms with Gasteiger partial charge < -0.3 is 25.0 Å². The summed E-state index contributed by atoms with van der Waals surface area (Å²) in [5.41, 5.74) is 1.50. The summed E-state index contributed by atoms with van der Waals surface area (Å²) in [6.07, 6.45) is 0.757. The average molecular weight is 530 g/mol. The van der Waals surface area contributed by atoms with E-state index in [-0.39, 0.29) is 36.4 Å². The predicted octanol–water partition coefficient (Wildman–Crippen LogP) is 3.15. The topological polar surface area (TPSA) is 75.2 Å². The van der Waals surface area contributed by atoms with Gasteiger partial charge in [0.15, 0.2) is 17.5 Å². The highest BCUT2D eigenvalue weighted by Crippen LogP contribution is 2.27. The van der Waals surface area contributed by atoms with Gasteiger partial charge in [0.05, 0.1) is 20.8 Å². The molecule has 1 amide bonds. The van der Waals surface area contributed by atoms with Crippen LogP contribution in [-0.4, -0.2) is 58.2 Å². The van der Waals surface area contributed by atoms with Crippen LogP contribution in [0.2, 0.25) is 0 Å². The number of carbonyl (C=O) groups excluding carboxylic acids is 1. The first kappa shape index (κ1) is 25.5. The van der Waals surface area contributed by atoms with E-state index in [1.807, 2.05) is 30.1 Å². The number of nitrogens with zero attached hydrogens (tertiary/aromatic N) is 2. The van der Waals surface area contributed by atoms with Gasteiger partial charge in [-0.15, -0.1) is 24.0 Å². The lowest BCUT2D eigenvalue weighted by atomic mass is 10.1. The summed E-state index contributed by atoms with van der Waals surface area (Å²) >= 11 is 0. The molecule has 9 heteroatoms. The Morgan fingerprint density at radius 3 is 2.50 bits per heavy atom. The average Bonchev–Trinajstić information content (AvgIpc) is 2.72. The van der Waals surface area contributed by atoms with Crippen LogP contribution in [0.4, 0.5) is 10.1 Å². The van der Waals surface area contributed by atoms with Crippen molar-refractivity contribution in [3.8, 4) is 11.5 Å². The number of halogens is 2. The van der Waals surface area contributed by atoms with Gasteiger partial charge in [0.2, 0.25) is 5.91 Å². The van der Waals surface area contributed by atoms with E-state index >= 15 is 0 Å². The van der Waals surface area contributed by atoms with Crippen molar-refractivity contribution in [3.05, 3.63) is 53.8 Å². The second-order valence-corrected chi connectivity index (χ2v) is 6.32. The monoisotopic (exact) mass is 530 g/mol. The van der Waals surface area contributed by atoms with Crippen molar-refractivity contribution in [1.29, 1.82) is 0 Å². The lowest BCUT2D eigenvalue weighted by Crippen LogP contribution is -2.43. The summed E-state index contributed by atoms with van der Waals surface area (Å²) < 4.78 is 23.8. The van der Waals surface area contributed by atoms with E-state index in [1.165, 1.54) is 12.1 Å².